The number of benzene rings is 2. The van der Waals surface area contributed by atoms with Crippen molar-refractivity contribution >= 4 is 50.9 Å². The average molecular weight is 417 g/mol. The highest BCUT2D eigenvalue weighted by atomic mass is 79.9. The zero-order chi connectivity index (χ0) is 17.8. The third-order valence-corrected chi connectivity index (χ3v) is 5.12. The van der Waals surface area contributed by atoms with Gasteiger partial charge in [-0.15, -0.1) is 11.8 Å². The first-order valence-corrected chi connectivity index (χ1v) is 9.62. The van der Waals surface area contributed by atoms with E-state index < -0.39 is 0 Å². The third-order valence-electron chi connectivity index (χ3n) is 3.83. The van der Waals surface area contributed by atoms with Gasteiger partial charge >= 0.3 is 0 Å². The molecule has 25 heavy (non-hydrogen) atoms. The Morgan fingerprint density at radius 3 is 2.72 bits per heavy atom. The normalized spacial score (nSPS) is 14.2. The Balaban J connectivity index is 1.77. The molecule has 1 heterocycles. The maximum atomic E-state index is 12.5. The molecule has 0 unspecified atom stereocenters. The number of aryl methyl sites for hydroxylation is 1. The van der Waals surface area contributed by atoms with Crippen molar-refractivity contribution in [2.45, 2.75) is 6.92 Å². The van der Waals surface area contributed by atoms with E-state index in [-0.39, 0.29) is 18.4 Å². The molecule has 6 heteroatoms. The molecular weight excluding hydrogens is 400 g/mol. The smallest absolute Gasteiger partial charge is 0.244 e. The molecule has 0 radical (unpaired) electrons. The predicted molar refractivity (Wildman–Crippen MR) is 106 cm³/mol. The minimum Gasteiger partial charge on any atom is -0.324 e. The van der Waals surface area contributed by atoms with Crippen molar-refractivity contribution in [1.29, 1.82) is 0 Å². The Morgan fingerprint density at radius 2 is 2.00 bits per heavy atom. The van der Waals surface area contributed by atoms with Crippen molar-refractivity contribution in [3.8, 4) is 0 Å². The van der Waals surface area contributed by atoms with Gasteiger partial charge in [-0.25, -0.2) is 0 Å². The number of thioether (sulfide) groups is 1. The number of carbonyl (C=O) groups excluding carboxylic acids is 2. The van der Waals surface area contributed by atoms with Gasteiger partial charge in [-0.05, 0) is 41.7 Å². The first-order chi connectivity index (χ1) is 12.0. The van der Waals surface area contributed by atoms with Crippen molar-refractivity contribution < 1.29 is 9.59 Å². The highest BCUT2D eigenvalue weighted by molar-refractivity contribution is 9.10. The van der Waals surface area contributed by atoms with Crippen molar-refractivity contribution in [2.75, 3.05) is 17.6 Å². The van der Waals surface area contributed by atoms with E-state index in [1.54, 1.807) is 4.90 Å². The predicted octanol–water partition coefficient (Wildman–Crippen LogP) is 4.27. The molecule has 0 aromatic heterocycles. The summed E-state index contributed by atoms with van der Waals surface area (Å²) in [5.41, 5.74) is 3.40. The van der Waals surface area contributed by atoms with Crippen LogP contribution in [0.4, 0.5) is 5.69 Å². The second-order valence-electron chi connectivity index (χ2n) is 5.67. The largest absolute Gasteiger partial charge is 0.324 e. The van der Waals surface area contributed by atoms with Gasteiger partial charge < -0.3 is 10.2 Å². The minimum absolute atomic E-state index is 0.00434. The lowest BCUT2D eigenvalue weighted by molar-refractivity contribution is -0.129. The third kappa shape index (κ3) is 4.32. The Hall–Kier alpha value is -2.05. The van der Waals surface area contributed by atoms with Crippen LogP contribution in [0.15, 0.2) is 58.4 Å². The molecule has 0 fully saturated rings. The van der Waals surface area contributed by atoms with Crippen LogP contribution >= 0.6 is 27.7 Å². The summed E-state index contributed by atoms with van der Waals surface area (Å²) in [4.78, 5) is 26.4. The molecule has 128 valence electrons. The number of hydrogen-bond donors (Lipinski definition) is 1. The molecule has 3 rings (SSSR count). The van der Waals surface area contributed by atoms with Crippen LogP contribution in [0.1, 0.15) is 11.1 Å². The fourth-order valence-corrected chi connectivity index (χ4v) is 3.85. The Labute approximate surface area is 159 Å². The molecule has 0 bridgehead atoms. The molecule has 0 atom stereocenters. The fraction of sp³-hybridized carbons (Fsp3) is 0.158. The first kappa shape index (κ1) is 17.8. The number of carbonyl (C=O) groups is 2. The minimum atomic E-state index is -0.215. The maximum Gasteiger partial charge on any atom is 0.244 e. The fourth-order valence-electron chi connectivity index (χ4n) is 2.57. The zero-order valence-corrected chi connectivity index (χ0v) is 16.1. The molecule has 2 aromatic rings. The molecule has 0 spiro atoms. The van der Waals surface area contributed by atoms with Crippen LogP contribution in [-0.2, 0) is 9.59 Å². The van der Waals surface area contributed by atoms with E-state index in [4.69, 9.17) is 0 Å². The molecule has 2 aromatic carbocycles. The summed E-state index contributed by atoms with van der Waals surface area (Å²) < 4.78 is 0.959. The van der Waals surface area contributed by atoms with Gasteiger partial charge in [0.2, 0.25) is 11.8 Å². The topological polar surface area (TPSA) is 49.4 Å². The van der Waals surface area contributed by atoms with Gasteiger partial charge in [-0.1, -0.05) is 46.3 Å². The summed E-state index contributed by atoms with van der Waals surface area (Å²) in [6, 6.07) is 15.3. The SMILES string of the molecule is Cc1cc(Br)ccc1NC(=O)CN1C(=O)CSC=C1c1ccccc1. The van der Waals surface area contributed by atoms with Gasteiger partial charge in [0.05, 0.1) is 11.4 Å². The molecule has 0 saturated carbocycles. The van der Waals surface area contributed by atoms with Crippen LogP contribution in [0.3, 0.4) is 0 Å². The highest BCUT2D eigenvalue weighted by Crippen LogP contribution is 2.28. The summed E-state index contributed by atoms with van der Waals surface area (Å²) in [7, 11) is 0. The van der Waals surface area contributed by atoms with Gasteiger partial charge in [-0.3, -0.25) is 9.59 Å². The van der Waals surface area contributed by atoms with Gasteiger partial charge in [0.1, 0.15) is 6.54 Å². The Bertz CT molecular complexity index is 837. The van der Waals surface area contributed by atoms with E-state index in [2.05, 4.69) is 21.2 Å². The lowest BCUT2D eigenvalue weighted by Crippen LogP contribution is -2.39. The van der Waals surface area contributed by atoms with Crippen LogP contribution in [-0.4, -0.2) is 29.0 Å². The maximum absolute atomic E-state index is 12.5. The van der Waals surface area contributed by atoms with Crippen LogP contribution in [0.2, 0.25) is 0 Å². The van der Waals surface area contributed by atoms with Crippen molar-refractivity contribution in [3.63, 3.8) is 0 Å². The second kappa shape index (κ2) is 7.89. The lowest BCUT2D eigenvalue weighted by Gasteiger charge is -2.28. The molecule has 1 aliphatic rings. The highest BCUT2D eigenvalue weighted by Gasteiger charge is 2.25. The Morgan fingerprint density at radius 1 is 1.24 bits per heavy atom. The summed E-state index contributed by atoms with van der Waals surface area (Å²) in [5.74, 6) is 0.0718. The average Bonchev–Trinajstić information content (AvgIpc) is 2.60. The number of amides is 2. The molecule has 1 N–H and O–H groups in total. The van der Waals surface area contributed by atoms with E-state index in [0.29, 0.717) is 5.75 Å². The quantitative estimate of drug-likeness (QED) is 0.809. The van der Waals surface area contributed by atoms with E-state index in [0.717, 1.165) is 27.0 Å². The van der Waals surface area contributed by atoms with Crippen LogP contribution in [0.5, 0.6) is 0 Å². The van der Waals surface area contributed by atoms with Crippen molar-refractivity contribution in [2.24, 2.45) is 0 Å². The summed E-state index contributed by atoms with van der Waals surface area (Å²) >= 11 is 4.86. The van der Waals surface area contributed by atoms with Crippen LogP contribution in [0.25, 0.3) is 5.70 Å². The number of nitrogens with one attached hydrogen (secondary N) is 1. The zero-order valence-electron chi connectivity index (χ0n) is 13.7. The Kier molecular flexibility index (Phi) is 5.60. The van der Waals surface area contributed by atoms with Gasteiger partial charge in [0, 0.05) is 10.2 Å². The number of hydrogen-bond acceptors (Lipinski definition) is 3. The molecule has 0 aliphatic carbocycles. The monoisotopic (exact) mass is 416 g/mol. The number of halogens is 1. The summed E-state index contributed by atoms with van der Waals surface area (Å²) in [6.07, 6.45) is 0. The van der Waals surface area contributed by atoms with Gasteiger partial charge in [0.15, 0.2) is 0 Å². The van der Waals surface area contributed by atoms with Crippen molar-refractivity contribution in [3.05, 3.63) is 69.5 Å². The number of anilines is 1. The summed E-state index contributed by atoms with van der Waals surface area (Å²) in [6.45, 7) is 1.92. The number of nitrogens with zero attached hydrogens (tertiary/aromatic N) is 1. The van der Waals surface area contributed by atoms with E-state index in [1.165, 1.54) is 11.8 Å². The molecule has 0 saturated heterocycles. The molecule has 1 aliphatic heterocycles. The molecule has 2 amide bonds. The molecular formula is C19H17BrN2O2S. The van der Waals surface area contributed by atoms with E-state index in [1.807, 2.05) is 60.9 Å². The lowest BCUT2D eigenvalue weighted by atomic mass is 10.1. The van der Waals surface area contributed by atoms with Gasteiger partial charge in [0.25, 0.3) is 0 Å². The molecule has 4 nitrogen and oxygen atoms in total. The van der Waals surface area contributed by atoms with Gasteiger partial charge in [-0.2, -0.15) is 0 Å². The number of rotatable bonds is 4. The summed E-state index contributed by atoms with van der Waals surface area (Å²) in [5, 5.41) is 4.83. The second-order valence-corrected chi connectivity index (χ2v) is 7.44. The van der Waals surface area contributed by atoms with E-state index >= 15 is 0 Å². The van der Waals surface area contributed by atoms with E-state index in [9.17, 15) is 9.59 Å². The standard InChI is InChI=1S/C19H17BrN2O2S/c1-13-9-15(20)7-8-16(13)21-18(23)10-22-17(11-25-12-19(22)24)14-5-3-2-4-6-14/h2-9,11H,10,12H2,1H3,(H,21,23). The first-order valence-electron chi connectivity index (χ1n) is 7.78. The van der Waals surface area contributed by atoms with Crippen LogP contribution in [0, 0.1) is 6.92 Å². The van der Waals surface area contributed by atoms with Crippen molar-refractivity contribution in [1.82, 2.24) is 4.90 Å². The van der Waals surface area contributed by atoms with Crippen LogP contribution < -0.4 is 5.32 Å².